The van der Waals surface area contributed by atoms with Crippen LogP contribution in [0.1, 0.15) is 28.8 Å². The number of alkyl halides is 3. The first-order valence-electron chi connectivity index (χ1n) is 9.97. The maximum absolute atomic E-state index is 12.7. The third-order valence-corrected chi connectivity index (χ3v) is 5.25. The molecule has 32 heavy (non-hydrogen) atoms. The van der Waals surface area contributed by atoms with Crippen LogP contribution in [-0.2, 0) is 20.9 Å². The van der Waals surface area contributed by atoms with E-state index < -0.39 is 12.1 Å². The molecule has 1 saturated heterocycles. The number of carboxylic acids is 1. The standard InChI is InChI=1S/C19H22N2O4.C2HF3O2/c22-19(16-3-6-23-13-16)21-5-7-25-18-9-15(8-17(18)21)12-24-11-14-2-1-4-20-10-14;3-2(4,5)1(6)7/h1-4,6,10,13,15,17-18H,5,7-9,11-12H2;(H,6,7). The van der Waals surface area contributed by atoms with E-state index in [9.17, 15) is 18.0 Å². The largest absolute Gasteiger partial charge is 0.490 e. The van der Waals surface area contributed by atoms with E-state index in [0.717, 1.165) is 18.4 Å². The van der Waals surface area contributed by atoms with E-state index in [-0.39, 0.29) is 18.1 Å². The number of hydrogen-bond donors (Lipinski definition) is 1. The molecule has 174 valence electrons. The van der Waals surface area contributed by atoms with Crippen molar-refractivity contribution in [1.29, 1.82) is 0 Å². The monoisotopic (exact) mass is 456 g/mol. The Hall–Kier alpha value is -2.92. The Morgan fingerprint density at radius 1 is 1.28 bits per heavy atom. The molecule has 3 heterocycles. The molecule has 3 unspecified atom stereocenters. The second-order valence-corrected chi connectivity index (χ2v) is 7.50. The number of furan rings is 1. The van der Waals surface area contributed by atoms with Crippen LogP contribution in [0, 0.1) is 5.92 Å². The average Bonchev–Trinajstić information content (AvgIpc) is 3.43. The molecule has 2 aliphatic rings. The normalized spacial score (nSPS) is 22.6. The summed E-state index contributed by atoms with van der Waals surface area (Å²) >= 11 is 0. The van der Waals surface area contributed by atoms with E-state index in [0.29, 0.717) is 37.8 Å². The average molecular weight is 456 g/mol. The first-order valence-corrected chi connectivity index (χ1v) is 9.97. The summed E-state index contributed by atoms with van der Waals surface area (Å²) in [6.45, 7) is 2.47. The van der Waals surface area contributed by atoms with Gasteiger partial charge in [0.1, 0.15) is 6.26 Å². The first kappa shape index (κ1) is 23.7. The van der Waals surface area contributed by atoms with Crippen LogP contribution in [0.2, 0.25) is 0 Å². The number of fused-ring (bicyclic) bond motifs is 1. The highest BCUT2D eigenvalue weighted by Crippen LogP contribution is 2.35. The molecule has 8 nitrogen and oxygen atoms in total. The minimum absolute atomic E-state index is 0.0315. The zero-order valence-corrected chi connectivity index (χ0v) is 17.0. The fourth-order valence-electron chi connectivity index (χ4n) is 3.82. The van der Waals surface area contributed by atoms with Gasteiger partial charge in [-0.2, -0.15) is 13.2 Å². The third-order valence-electron chi connectivity index (χ3n) is 5.25. The van der Waals surface area contributed by atoms with E-state index in [4.69, 9.17) is 23.8 Å². The first-order chi connectivity index (χ1) is 15.3. The Labute approximate surface area is 181 Å². The molecule has 2 fully saturated rings. The summed E-state index contributed by atoms with van der Waals surface area (Å²) in [6, 6.07) is 5.77. The second-order valence-electron chi connectivity index (χ2n) is 7.50. The number of pyridine rings is 1. The number of carbonyl (C=O) groups excluding carboxylic acids is 1. The molecule has 2 aromatic heterocycles. The molecule has 1 saturated carbocycles. The summed E-state index contributed by atoms with van der Waals surface area (Å²) in [6.07, 6.45) is 3.51. The van der Waals surface area contributed by atoms with E-state index in [1.165, 1.54) is 12.5 Å². The molecule has 11 heteroatoms. The molecule has 1 N–H and O–H groups in total. The lowest BCUT2D eigenvalue weighted by Crippen LogP contribution is -2.51. The summed E-state index contributed by atoms with van der Waals surface area (Å²) in [5.41, 5.74) is 1.68. The van der Waals surface area contributed by atoms with Gasteiger partial charge in [0.2, 0.25) is 0 Å². The van der Waals surface area contributed by atoms with E-state index in [1.54, 1.807) is 12.3 Å². The Bertz CT molecular complexity index is 875. The van der Waals surface area contributed by atoms with E-state index in [1.807, 2.05) is 23.2 Å². The molecule has 0 radical (unpaired) electrons. The quantitative estimate of drug-likeness (QED) is 0.738. The van der Waals surface area contributed by atoms with Crippen molar-refractivity contribution in [3.63, 3.8) is 0 Å². The molecule has 2 aromatic rings. The minimum Gasteiger partial charge on any atom is -0.475 e. The Morgan fingerprint density at radius 3 is 2.69 bits per heavy atom. The Morgan fingerprint density at radius 2 is 2.06 bits per heavy atom. The van der Waals surface area contributed by atoms with Crippen LogP contribution >= 0.6 is 0 Å². The fourth-order valence-corrected chi connectivity index (χ4v) is 3.82. The molecular weight excluding hydrogens is 433 g/mol. The molecule has 4 rings (SSSR count). The molecular formula is C21H23F3N2O6. The summed E-state index contributed by atoms with van der Waals surface area (Å²) in [7, 11) is 0. The van der Waals surface area contributed by atoms with Gasteiger partial charge in [0, 0.05) is 18.9 Å². The van der Waals surface area contributed by atoms with E-state index >= 15 is 0 Å². The number of hydrogen-bond acceptors (Lipinski definition) is 6. The van der Waals surface area contributed by atoms with Crippen LogP contribution in [0.5, 0.6) is 0 Å². The van der Waals surface area contributed by atoms with Crippen LogP contribution < -0.4 is 0 Å². The van der Waals surface area contributed by atoms with Gasteiger partial charge in [-0.3, -0.25) is 9.78 Å². The van der Waals surface area contributed by atoms with Crippen molar-refractivity contribution < 1.29 is 41.8 Å². The number of ether oxygens (including phenoxy) is 2. The predicted molar refractivity (Wildman–Crippen MR) is 104 cm³/mol. The van der Waals surface area contributed by atoms with Gasteiger partial charge in [-0.1, -0.05) is 6.07 Å². The van der Waals surface area contributed by atoms with Crippen molar-refractivity contribution in [1.82, 2.24) is 9.88 Å². The number of carboxylic acid groups (broad SMARTS) is 1. The molecule has 1 aliphatic heterocycles. The smallest absolute Gasteiger partial charge is 0.475 e. The topological polar surface area (TPSA) is 102 Å². The number of rotatable bonds is 5. The maximum atomic E-state index is 12.7. The number of morpholine rings is 1. The van der Waals surface area contributed by atoms with Gasteiger partial charge in [-0.05, 0) is 36.5 Å². The van der Waals surface area contributed by atoms with Gasteiger partial charge >= 0.3 is 12.1 Å². The van der Waals surface area contributed by atoms with Crippen molar-refractivity contribution in [2.24, 2.45) is 5.92 Å². The lowest BCUT2D eigenvalue weighted by atomic mass is 10.1. The lowest BCUT2D eigenvalue weighted by Gasteiger charge is -2.37. The predicted octanol–water partition coefficient (Wildman–Crippen LogP) is 3.14. The number of nitrogens with zero attached hydrogens (tertiary/aromatic N) is 2. The molecule has 3 atom stereocenters. The maximum Gasteiger partial charge on any atom is 0.490 e. The van der Waals surface area contributed by atoms with Crippen molar-refractivity contribution in [2.75, 3.05) is 19.8 Å². The number of aromatic nitrogens is 1. The summed E-state index contributed by atoms with van der Waals surface area (Å²) < 4.78 is 48.6. The Balaban J connectivity index is 0.000000360. The molecule has 0 aromatic carbocycles. The second kappa shape index (κ2) is 10.6. The summed E-state index contributed by atoms with van der Waals surface area (Å²) in [4.78, 5) is 27.6. The van der Waals surface area contributed by atoms with Crippen molar-refractivity contribution in [3.05, 3.63) is 54.2 Å². The molecule has 0 bridgehead atoms. The SMILES string of the molecule is O=C(O)C(F)(F)F.O=C(c1ccoc1)N1CCOC2CC(COCc3cccnc3)CC21. The lowest BCUT2D eigenvalue weighted by molar-refractivity contribution is -0.192. The van der Waals surface area contributed by atoms with Gasteiger partial charge in [0.25, 0.3) is 5.91 Å². The highest BCUT2D eigenvalue weighted by atomic mass is 19.4. The van der Waals surface area contributed by atoms with Gasteiger partial charge < -0.3 is 23.9 Å². The number of halogens is 3. The summed E-state index contributed by atoms with van der Waals surface area (Å²) in [5.74, 6) is -2.32. The number of amides is 1. The Kier molecular flexibility index (Phi) is 7.86. The van der Waals surface area contributed by atoms with Crippen molar-refractivity contribution >= 4 is 11.9 Å². The third kappa shape index (κ3) is 6.30. The van der Waals surface area contributed by atoms with Crippen LogP contribution in [0.15, 0.2) is 47.5 Å². The minimum atomic E-state index is -5.08. The van der Waals surface area contributed by atoms with Crippen LogP contribution in [0.4, 0.5) is 13.2 Å². The van der Waals surface area contributed by atoms with Gasteiger partial charge in [0.05, 0.1) is 43.8 Å². The van der Waals surface area contributed by atoms with Gasteiger partial charge in [-0.15, -0.1) is 0 Å². The highest BCUT2D eigenvalue weighted by Gasteiger charge is 2.43. The molecule has 1 aliphatic carbocycles. The molecule has 0 spiro atoms. The zero-order valence-electron chi connectivity index (χ0n) is 17.0. The van der Waals surface area contributed by atoms with Gasteiger partial charge in [0.15, 0.2) is 0 Å². The van der Waals surface area contributed by atoms with Crippen LogP contribution in [0.3, 0.4) is 0 Å². The summed E-state index contributed by atoms with van der Waals surface area (Å²) in [5, 5.41) is 7.12. The fraction of sp³-hybridized carbons (Fsp3) is 0.476. The number of aliphatic carboxylic acids is 1. The van der Waals surface area contributed by atoms with Crippen molar-refractivity contribution in [3.8, 4) is 0 Å². The van der Waals surface area contributed by atoms with E-state index in [2.05, 4.69) is 4.98 Å². The van der Waals surface area contributed by atoms with Crippen LogP contribution in [-0.4, -0.2) is 64.9 Å². The number of carbonyl (C=O) groups is 2. The molecule has 1 amide bonds. The van der Waals surface area contributed by atoms with Crippen molar-refractivity contribution in [2.45, 2.75) is 37.8 Å². The van der Waals surface area contributed by atoms with Crippen LogP contribution in [0.25, 0.3) is 0 Å². The highest BCUT2D eigenvalue weighted by molar-refractivity contribution is 5.94. The zero-order chi connectivity index (χ0) is 23.1. The van der Waals surface area contributed by atoms with Gasteiger partial charge in [-0.25, -0.2) is 4.79 Å².